The van der Waals surface area contributed by atoms with E-state index >= 15 is 0 Å². The van der Waals surface area contributed by atoms with Crippen molar-refractivity contribution in [3.05, 3.63) is 33.6 Å². The van der Waals surface area contributed by atoms with Gasteiger partial charge in [0.1, 0.15) is 4.90 Å². The zero-order valence-corrected chi connectivity index (χ0v) is 13.2. The van der Waals surface area contributed by atoms with E-state index < -0.39 is 20.7 Å². The first-order valence-corrected chi connectivity index (χ1v) is 7.83. The number of hydrogen-bond donors (Lipinski definition) is 2. The van der Waals surface area contributed by atoms with Gasteiger partial charge in [0.05, 0.1) is 15.2 Å². The number of anilines is 2. The van der Waals surface area contributed by atoms with E-state index in [2.05, 4.69) is 25.8 Å². The maximum Gasteiger partial charge on any atom is 0.266 e. The number of aryl methyl sites for hydroxylation is 1. The van der Waals surface area contributed by atoms with E-state index in [4.69, 9.17) is 17.3 Å². The zero-order chi connectivity index (χ0) is 15.1. The number of nitrogens with two attached hydrogens (primary N) is 1. The average molecular weight is 384 g/mol. The molecule has 0 aliphatic carbocycles. The molecule has 1 heterocycles. The molecule has 0 bridgehead atoms. The van der Waals surface area contributed by atoms with Crippen LogP contribution in [-0.4, -0.2) is 18.2 Å². The molecule has 0 aliphatic rings. The van der Waals surface area contributed by atoms with E-state index in [-0.39, 0.29) is 21.0 Å². The third kappa shape index (κ3) is 2.74. The maximum absolute atomic E-state index is 14.0. The van der Waals surface area contributed by atoms with Crippen LogP contribution in [-0.2, 0) is 17.1 Å². The summed E-state index contributed by atoms with van der Waals surface area (Å²) in [6.45, 7) is 0. The van der Waals surface area contributed by atoms with Crippen LogP contribution in [0.1, 0.15) is 0 Å². The molecule has 0 fully saturated rings. The Kier molecular flexibility index (Phi) is 3.94. The largest absolute Gasteiger partial charge is 0.395 e. The van der Waals surface area contributed by atoms with Crippen molar-refractivity contribution >= 4 is 49.1 Å². The van der Waals surface area contributed by atoms with Crippen LogP contribution in [0.3, 0.4) is 0 Å². The Morgan fingerprint density at radius 2 is 2.20 bits per heavy atom. The van der Waals surface area contributed by atoms with Gasteiger partial charge in [-0.05, 0) is 22.0 Å². The van der Waals surface area contributed by atoms with Crippen LogP contribution in [0, 0.1) is 5.82 Å². The summed E-state index contributed by atoms with van der Waals surface area (Å²) in [5.41, 5.74) is 5.08. The Morgan fingerprint density at radius 1 is 1.55 bits per heavy atom. The minimum absolute atomic E-state index is 0.00899. The third-order valence-corrected chi connectivity index (χ3v) is 5.13. The number of halogens is 3. The van der Waals surface area contributed by atoms with Crippen molar-refractivity contribution in [1.82, 2.24) is 9.78 Å². The first-order valence-electron chi connectivity index (χ1n) is 5.18. The second-order valence-electron chi connectivity index (χ2n) is 3.88. The molecule has 0 amide bonds. The molecule has 0 spiro atoms. The monoisotopic (exact) mass is 382 g/mol. The molecule has 0 saturated heterocycles. The molecule has 6 nitrogen and oxygen atoms in total. The minimum atomic E-state index is -4.18. The Morgan fingerprint density at radius 3 is 2.75 bits per heavy atom. The molecule has 108 valence electrons. The fraction of sp³-hybridized carbons (Fsp3) is 0.100. The highest BCUT2D eigenvalue weighted by molar-refractivity contribution is 9.10. The molecule has 0 aliphatic heterocycles. The van der Waals surface area contributed by atoms with Gasteiger partial charge in [-0.3, -0.25) is 9.40 Å². The number of benzene rings is 1. The van der Waals surface area contributed by atoms with Gasteiger partial charge in [0, 0.05) is 19.3 Å². The summed E-state index contributed by atoms with van der Waals surface area (Å²) in [6, 6.07) is 2.40. The Balaban J connectivity index is 2.50. The second-order valence-corrected chi connectivity index (χ2v) is 6.73. The molecule has 3 N–H and O–H groups in total. The van der Waals surface area contributed by atoms with Crippen molar-refractivity contribution in [3.63, 3.8) is 0 Å². The molecular weight excluding hydrogens is 375 g/mol. The van der Waals surface area contributed by atoms with E-state index in [1.807, 2.05) is 0 Å². The van der Waals surface area contributed by atoms with Gasteiger partial charge in [-0.15, -0.1) is 0 Å². The number of sulfonamides is 1. The predicted molar refractivity (Wildman–Crippen MR) is 77.5 cm³/mol. The molecule has 1 aromatic heterocycles. The lowest BCUT2D eigenvalue weighted by atomic mass is 10.3. The Bertz CT molecular complexity index is 778. The van der Waals surface area contributed by atoms with Crippen molar-refractivity contribution in [3.8, 4) is 0 Å². The Hall–Kier alpha value is -1.32. The third-order valence-electron chi connectivity index (χ3n) is 2.40. The fourth-order valence-corrected chi connectivity index (χ4v) is 3.13. The molecule has 2 rings (SSSR count). The van der Waals surface area contributed by atoms with Crippen LogP contribution in [0.4, 0.5) is 15.9 Å². The van der Waals surface area contributed by atoms with E-state index in [0.29, 0.717) is 0 Å². The minimum Gasteiger partial charge on any atom is -0.395 e. The van der Waals surface area contributed by atoms with Crippen LogP contribution in [0.15, 0.2) is 27.7 Å². The summed E-state index contributed by atoms with van der Waals surface area (Å²) in [5.74, 6) is -1.02. The van der Waals surface area contributed by atoms with Gasteiger partial charge in [-0.1, -0.05) is 11.6 Å². The van der Waals surface area contributed by atoms with Crippen molar-refractivity contribution < 1.29 is 12.8 Å². The van der Waals surface area contributed by atoms with Gasteiger partial charge in [-0.2, -0.15) is 5.10 Å². The lowest BCUT2D eigenvalue weighted by Crippen LogP contribution is -2.16. The molecule has 0 unspecified atom stereocenters. The van der Waals surface area contributed by atoms with Crippen molar-refractivity contribution in [2.45, 2.75) is 4.90 Å². The standard InChI is InChI=1S/C10H9BrClFN4O2S/c1-17-3-2-7(15-17)16-20(18,19)6-4-5(12)8(11)10(14)9(6)13/h2-4H,14H2,1H3,(H,15,16). The number of nitrogens with one attached hydrogen (secondary N) is 1. The van der Waals surface area contributed by atoms with E-state index in [1.54, 1.807) is 7.05 Å². The van der Waals surface area contributed by atoms with E-state index in [1.165, 1.54) is 16.9 Å². The lowest BCUT2D eigenvalue weighted by Gasteiger charge is -2.10. The smallest absolute Gasteiger partial charge is 0.266 e. The number of nitrogen functional groups attached to an aromatic ring is 1. The zero-order valence-electron chi connectivity index (χ0n) is 10.1. The van der Waals surface area contributed by atoms with Gasteiger partial charge in [0.15, 0.2) is 11.6 Å². The summed E-state index contributed by atoms with van der Waals surface area (Å²) in [6.07, 6.45) is 1.54. The first kappa shape index (κ1) is 15.1. The summed E-state index contributed by atoms with van der Waals surface area (Å²) >= 11 is 8.77. The summed E-state index contributed by atoms with van der Waals surface area (Å²) < 4.78 is 41.9. The number of aromatic nitrogens is 2. The molecule has 1 aromatic carbocycles. The molecule has 0 atom stereocenters. The molecule has 10 heteroatoms. The number of hydrogen-bond acceptors (Lipinski definition) is 4. The predicted octanol–water partition coefficient (Wildman–Crippen LogP) is 2.36. The summed E-state index contributed by atoms with van der Waals surface area (Å²) in [7, 11) is -2.56. The Labute approximate surface area is 127 Å². The van der Waals surface area contributed by atoms with E-state index in [9.17, 15) is 12.8 Å². The van der Waals surface area contributed by atoms with Gasteiger partial charge in [0.25, 0.3) is 10.0 Å². The number of rotatable bonds is 3. The van der Waals surface area contributed by atoms with E-state index in [0.717, 1.165) is 6.07 Å². The molecule has 0 radical (unpaired) electrons. The molecule has 0 saturated carbocycles. The van der Waals surface area contributed by atoms with Gasteiger partial charge >= 0.3 is 0 Å². The maximum atomic E-state index is 14.0. The van der Waals surface area contributed by atoms with Crippen LogP contribution in [0.2, 0.25) is 5.02 Å². The highest BCUT2D eigenvalue weighted by atomic mass is 79.9. The quantitative estimate of drug-likeness (QED) is 0.629. The van der Waals surface area contributed by atoms with Gasteiger partial charge in [-0.25, -0.2) is 12.8 Å². The van der Waals surface area contributed by atoms with Crippen LogP contribution in [0.25, 0.3) is 0 Å². The van der Waals surface area contributed by atoms with Crippen LogP contribution in [0.5, 0.6) is 0 Å². The molecule has 2 aromatic rings. The van der Waals surface area contributed by atoms with Gasteiger partial charge < -0.3 is 5.73 Å². The first-order chi connectivity index (χ1) is 9.22. The molecule has 20 heavy (non-hydrogen) atoms. The average Bonchev–Trinajstić information content (AvgIpc) is 2.75. The lowest BCUT2D eigenvalue weighted by molar-refractivity contribution is 0.572. The fourth-order valence-electron chi connectivity index (χ4n) is 1.46. The second kappa shape index (κ2) is 5.23. The van der Waals surface area contributed by atoms with Crippen molar-refractivity contribution in [1.29, 1.82) is 0 Å². The normalized spacial score (nSPS) is 11.6. The van der Waals surface area contributed by atoms with Crippen LogP contribution >= 0.6 is 27.5 Å². The summed E-state index contributed by atoms with van der Waals surface area (Å²) in [5, 5.41) is 3.83. The molecular formula is C10H9BrClFN4O2S. The SMILES string of the molecule is Cn1ccc(NS(=O)(=O)c2cc(Cl)c(Br)c(N)c2F)n1. The van der Waals surface area contributed by atoms with Gasteiger partial charge in [0.2, 0.25) is 0 Å². The highest BCUT2D eigenvalue weighted by Crippen LogP contribution is 2.35. The number of nitrogens with zero attached hydrogens (tertiary/aromatic N) is 2. The summed E-state index contributed by atoms with van der Waals surface area (Å²) in [4.78, 5) is -0.645. The topological polar surface area (TPSA) is 90.0 Å². The van der Waals surface area contributed by atoms with Crippen molar-refractivity contribution in [2.24, 2.45) is 7.05 Å². The highest BCUT2D eigenvalue weighted by Gasteiger charge is 2.24. The van der Waals surface area contributed by atoms with Crippen LogP contribution < -0.4 is 10.5 Å². The van der Waals surface area contributed by atoms with Crippen molar-refractivity contribution in [2.75, 3.05) is 10.5 Å².